The summed E-state index contributed by atoms with van der Waals surface area (Å²) in [7, 11) is 0. The molecule has 0 radical (unpaired) electrons. The summed E-state index contributed by atoms with van der Waals surface area (Å²) in [5.41, 5.74) is 2.65. The zero-order chi connectivity index (χ0) is 23.3. The lowest BCUT2D eigenvalue weighted by atomic mass is 9.89. The van der Waals surface area contributed by atoms with Crippen LogP contribution in [0.2, 0.25) is 0 Å². The molecule has 32 heavy (non-hydrogen) atoms. The van der Waals surface area contributed by atoms with Gasteiger partial charge in [-0.25, -0.2) is 4.79 Å². The van der Waals surface area contributed by atoms with E-state index in [0.717, 1.165) is 11.8 Å². The first-order valence-corrected chi connectivity index (χ1v) is 11.8. The topological polar surface area (TPSA) is 69.6 Å². The Hall–Kier alpha value is -1.65. The predicted molar refractivity (Wildman–Crippen MR) is 124 cm³/mol. The molecule has 0 aliphatic heterocycles. The summed E-state index contributed by atoms with van der Waals surface area (Å²) in [6.45, 7) is 0.312. The minimum absolute atomic E-state index is 0.188. The van der Waals surface area contributed by atoms with E-state index in [1.165, 1.54) is 40.4 Å². The standard InChI is InChI=1S/C22H26INO.C2HF3O2/c23-20-9-5-4-8-18(20)21(16-6-2-1-3-7-16)24-22(17-12-13-17)19(14-25)15-10-11-15;3-2(4,5)1(6)7/h1-9,15,17,19,21-22,24-25H,10-14H2;(H,6,7). The predicted octanol–water partition coefficient (Wildman–Crippen LogP) is 5.40. The van der Waals surface area contributed by atoms with E-state index in [4.69, 9.17) is 9.90 Å². The van der Waals surface area contributed by atoms with Crippen LogP contribution in [0.15, 0.2) is 54.6 Å². The lowest BCUT2D eigenvalue weighted by molar-refractivity contribution is -0.192. The van der Waals surface area contributed by atoms with Gasteiger partial charge in [0.15, 0.2) is 0 Å². The van der Waals surface area contributed by atoms with Crippen molar-refractivity contribution < 1.29 is 28.2 Å². The Morgan fingerprint density at radius 3 is 2.00 bits per heavy atom. The van der Waals surface area contributed by atoms with Crippen LogP contribution in [0, 0.1) is 21.3 Å². The highest BCUT2D eigenvalue weighted by Crippen LogP contribution is 2.46. The Kier molecular flexibility index (Phi) is 8.57. The van der Waals surface area contributed by atoms with E-state index in [1.54, 1.807) is 0 Å². The highest BCUT2D eigenvalue weighted by Gasteiger charge is 2.44. The third-order valence-electron chi connectivity index (χ3n) is 5.98. The molecular formula is C24H27F3INO3. The van der Waals surface area contributed by atoms with Gasteiger partial charge < -0.3 is 15.5 Å². The van der Waals surface area contributed by atoms with Crippen molar-refractivity contribution in [2.24, 2.45) is 17.8 Å². The molecule has 8 heteroatoms. The largest absolute Gasteiger partial charge is 0.490 e. The number of rotatable bonds is 8. The highest BCUT2D eigenvalue weighted by atomic mass is 127. The molecule has 0 amide bonds. The summed E-state index contributed by atoms with van der Waals surface area (Å²) in [6, 6.07) is 20.0. The zero-order valence-electron chi connectivity index (χ0n) is 17.4. The number of carbonyl (C=O) groups is 1. The molecule has 174 valence electrons. The smallest absolute Gasteiger partial charge is 0.475 e. The van der Waals surface area contributed by atoms with Crippen molar-refractivity contribution in [3.63, 3.8) is 0 Å². The summed E-state index contributed by atoms with van der Waals surface area (Å²) in [6.07, 6.45) is 0.0898. The molecule has 0 aromatic heterocycles. The molecule has 2 aromatic rings. The Balaban J connectivity index is 0.000000360. The zero-order valence-corrected chi connectivity index (χ0v) is 19.6. The molecule has 3 unspecified atom stereocenters. The molecule has 2 aliphatic carbocycles. The third-order valence-corrected chi connectivity index (χ3v) is 6.96. The fraction of sp³-hybridized carbons (Fsp3) is 0.458. The number of carboxylic acid groups (broad SMARTS) is 1. The van der Waals surface area contributed by atoms with Crippen LogP contribution in [0.3, 0.4) is 0 Å². The number of aliphatic hydroxyl groups excluding tert-OH is 1. The molecule has 3 N–H and O–H groups in total. The molecule has 2 aromatic carbocycles. The fourth-order valence-electron chi connectivity index (χ4n) is 4.06. The van der Waals surface area contributed by atoms with Crippen molar-refractivity contribution >= 4 is 28.6 Å². The van der Waals surface area contributed by atoms with Crippen LogP contribution in [0.25, 0.3) is 0 Å². The molecular weight excluding hydrogens is 534 g/mol. The number of hydrogen-bond acceptors (Lipinski definition) is 3. The van der Waals surface area contributed by atoms with Crippen molar-refractivity contribution in [2.75, 3.05) is 6.61 Å². The summed E-state index contributed by atoms with van der Waals surface area (Å²) in [5, 5.41) is 21.2. The van der Waals surface area contributed by atoms with Gasteiger partial charge in [-0.15, -0.1) is 0 Å². The van der Waals surface area contributed by atoms with Crippen LogP contribution < -0.4 is 5.32 Å². The second-order valence-corrected chi connectivity index (χ2v) is 9.54. The second kappa shape index (κ2) is 11.0. The van der Waals surface area contributed by atoms with Gasteiger partial charge in [-0.1, -0.05) is 48.5 Å². The van der Waals surface area contributed by atoms with Crippen LogP contribution in [0.4, 0.5) is 13.2 Å². The van der Waals surface area contributed by atoms with Crippen molar-refractivity contribution in [3.05, 3.63) is 69.3 Å². The van der Waals surface area contributed by atoms with Gasteiger partial charge in [0.25, 0.3) is 0 Å². The van der Waals surface area contributed by atoms with E-state index in [0.29, 0.717) is 18.6 Å². The SMILES string of the molecule is O=C(O)C(F)(F)F.OCC(C1CC1)C(NC(c1ccccc1)c1ccccc1I)C1CC1. The molecule has 0 bridgehead atoms. The number of aliphatic hydroxyl groups is 1. The molecule has 2 aliphatic rings. The number of aliphatic carboxylic acids is 1. The number of carboxylic acids is 1. The number of halogens is 4. The average molecular weight is 561 g/mol. The summed E-state index contributed by atoms with van der Waals surface area (Å²) >= 11 is 2.45. The molecule has 4 nitrogen and oxygen atoms in total. The van der Waals surface area contributed by atoms with Crippen LogP contribution in [-0.2, 0) is 4.79 Å². The Labute approximate surface area is 199 Å². The van der Waals surface area contributed by atoms with E-state index in [-0.39, 0.29) is 6.04 Å². The quantitative estimate of drug-likeness (QED) is 0.378. The summed E-state index contributed by atoms with van der Waals surface area (Å²) in [5.74, 6) is -0.910. The maximum absolute atomic E-state index is 10.6. The van der Waals surface area contributed by atoms with Crippen LogP contribution >= 0.6 is 22.6 Å². The van der Waals surface area contributed by atoms with Crippen molar-refractivity contribution in [1.82, 2.24) is 5.32 Å². The minimum Gasteiger partial charge on any atom is -0.475 e. The summed E-state index contributed by atoms with van der Waals surface area (Å²) < 4.78 is 33.0. The molecule has 0 spiro atoms. The number of hydrogen-bond donors (Lipinski definition) is 3. The number of nitrogens with one attached hydrogen (secondary N) is 1. The van der Waals surface area contributed by atoms with Gasteiger partial charge in [-0.05, 0) is 77.3 Å². The van der Waals surface area contributed by atoms with Gasteiger partial charge in [0.1, 0.15) is 0 Å². The van der Waals surface area contributed by atoms with Crippen molar-refractivity contribution in [2.45, 2.75) is 43.9 Å². The van der Waals surface area contributed by atoms with E-state index in [2.05, 4.69) is 82.5 Å². The third kappa shape index (κ3) is 6.92. The van der Waals surface area contributed by atoms with E-state index in [1.807, 2.05) is 0 Å². The Morgan fingerprint density at radius 1 is 1.00 bits per heavy atom. The van der Waals surface area contributed by atoms with E-state index < -0.39 is 12.1 Å². The van der Waals surface area contributed by atoms with Crippen LogP contribution in [-0.4, -0.2) is 35.0 Å². The van der Waals surface area contributed by atoms with Gasteiger partial charge in [-0.2, -0.15) is 13.2 Å². The Bertz CT molecular complexity index is 886. The van der Waals surface area contributed by atoms with Gasteiger partial charge >= 0.3 is 12.1 Å². The minimum atomic E-state index is -5.08. The van der Waals surface area contributed by atoms with Gasteiger partial charge in [-0.3, -0.25) is 0 Å². The maximum atomic E-state index is 10.6. The first-order valence-electron chi connectivity index (χ1n) is 10.7. The van der Waals surface area contributed by atoms with Gasteiger partial charge in [0.2, 0.25) is 0 Å². The van der Waals surface area contributed by atoms with Crippen molar-refractivity contribution in [3.8, 4) is 0 Å². The molecule has 4 rings (SSSR count). The lowest BCUT2D eigenvalue weighted by Gasteiger charge is -2.32. The van der Waals surface area contributed by atoms with Crippen LogP contribution in [0.1, 0.15) is 42.9 Å². The van der Waals surface area contributed by atoms with Gasteiger partial charge in [0, 0.05) is 22.1 Å². The van der Waals surface area contributed by atoms with E-state index >= 15 is 0 Å². The molecule has 0 saturated heterocycles. The fourth-order valence-corrected chi connectivity index (χ4v) is 4.76. The average Bonchev–Trinajstić information content (AvgIpc) is 3.66. The normalized spacial score (nSPS) is 18.8. The molecule has 3 atom stereocenters. The Morgan fingerprint density at radius 2 is 1.53 bits per heavy atom. The maximum Gasteiger partial charge on any atom is 0.490 e. The van der Waals surface area contributed by atoms with Crippen molar-refractivity contribution in [1.29, 1.82) is 0 Å². The first kappa shape index (κ1) is 25.0. The van der Waals surface area contributed by atoms with Gasteiger partial charge in [0.05, 0.1) is 6.04 Å². The molecule has 0 heterocycles. The van der Waals surface area contributed by atoms with Crippen LogP contribution in [0.5, 0.6) is 0 Å². The monoisotopic (exact) mass is 561 g/mol. The molecule has 2 saturated carbocycles. The summed E-state index contributed by atoms with van der Waals surface area (Å²) in [4.78, 5) is 8.90. The second-order valence-electron chi connectivity index (χ2n) is 8.38. The molecule has 2 fully saturated rings. The van der Waals surface area contributed by atoms with E-state index in [9.17, 15) is 18.3 Å². The number of benzene rings is 2. The lowest BCUT2D eigenvalue weighted by Crippen LogP contribution is -2.43. The number of alkyl halides is 3. The highest BCUT2D eigenvalue weighted by molar-refractivity contribution is 14.1. The first-order chi connectivity index (χ1) is 15.2.